The molecule has 166 valence electrons. The van der Waals surface area contributed by atoms with Crippen LogP contribution in [0.5, 0.6) is 0 Å². The fourth-order valence-electron chi connectivity index (χ4n) is 4.44. The van der Waals surface area contributed by atoms with E-state index in [1.165, 1.54) is 56.9 Å². The van der Waals surface area contributed by atoms with Crippen molar-refractivity contribution in [1.82, 2.24) is 9.97 Å². The monoisotopic (exact) mass is 419 g/mol. The third-order valence-corrected chi connectivity index (χ3v) is 6.44. The van der Waals surface area contributed by atoms with Gasteiger partial charge in [0, 0.05) is 24.6 Å². The summed E-state index contributed by atoms with van der Waals surface area (Å²) in [6.45, 7) is 3.19. The van der Waals surface area contributed by atoms with Crippen LogP contribution in [0.25, 0.3) is 11.4 Å². The molecular weight excluding hydrogens is 382 g/mol. The van der Waals surface area contributed by atoms with Gasteiger partial charge in [0.2, 0.25) is 0 Å². The molecule has 1 aliphatic carbocycles. The van der Waals surface area contributed by atoms with E-state index < -0.39 is 0 Å². The maximum atomic E-state index is 8.92. The highest BCUT2D eigenvalue weighted by atomic mass is 16.5. The summed E-state index contributed by atoms with van der Waals surface area (Å²) in [4.78, 5) is 9.15. The first-order chi connectivity index (χ1) is 15.3. The van der Waals surface area contributed by atoms with Gasteiger partial charge in [-0.1, -0.05) is 51.9 Å². The van der Waals surface area contributed by atoms with Crippen molar-refractivity contribution in [3.63, 3.8) is 0 Å². The van der Waals surface area contributed by atoms with Crippen molar-refractivity contribution in [2.45, 2.75) is 96.0 Å². The maximum absolute atomic E-state index is 8.92. The third-order valence-electron chi connectivity index (χ3n) is 6.44. The number of rotatable bonds is 12. The van der Waals surface area contributed by atoms with Crippen molar-refractivity contribution in [1.29, 1.82) is 5.26 Å². The largest absolute Gasteiger partial charge is 0.378 e. The molecule has 1 saturated carbocycles. The highest BCUT2D eigenvalue weighted by molar-refractivity contribution is 5.56. The van der Waals surface area contributed by atoms with E-state index in [0.29, 0.717) is 17.6 Å². The zero-order chi connectivity index (χ0) is 21.7. The number of nitriles is 1. The summed E-state index contributed by atoms with van der Waals surface area (Å²) in [5.41, 5.74) is 2.84. The van der Waals surface area contributed by atoms with Crippen LogP contribution in [0.15, 0.2) is 36.7 Å². The van der Waals surface area contributed by atoms with Gasteiger partial charge in [-0.3, -0.25) is 0 Å². The Hall–Kier alpha value is -2.25. The van der Waals surface area contributed by atoms with Gasteiger partial charge < -0.3 is 4.74 Å². The Morgan fingerprint density at radius 1 is 0.871 bits per heavy atom. The third kappa shape index (κ3) is 7.74. The first-order valence-electron chi connectivity index (χ1n) is 12.2. The van der Waals surface area contributed by atoms with Crippen molar-refractivity contribution in [3.05, 3.63) is 47.8 Å². The highest BCUT2D eigenvalue weighted by Gasteiger charge is 2.23. The minimum absolute atomic E-state index is 0.430. The molecule has 0 bridgehead atoms. The zero-order valence-electron chi connectivity index (χ0n) is 19.1. The standard InChI is InChI=1S/C27H37N3O/c1-2-3-4-5-6-7-8-9-18-31-26-16-14-23(15-17-26)25-20-29-27(30-21-25)24-12-10-22(19-28)11-13-24/h10-13,20-21,23,26H,2-9,14-18H2,1H3/t23-,26-. The van der Waals surface area contributed by atoms with Gasteiger partial charge in [0.25, 0.3) is 0 Å². The van der Waals surface area contributed by atoms with Gasteiger partial charge >= 0.3 is 0 Å². The second kappa shape index (κ2) is 13.2. The normalized spacial score (nSPS) is 18.6. The van der Waals surface area contributed by atoms with Crippen molar-refractivity contribution >= 4 is 0 Å². The molecule has 3 rings (SSSR count). The summed E-state index contributed by atoms with van der Waals surface area (Å²) >= 11 is 0. The Morgan fingerprint density at radius 3 is 2.10 bits per heavy atom. The van der Waals surface area contributed by atoms with Gasteiger partial charge in [0.1, 0.15) is 0 Å². The van der Waals surface area contributed by atoms with Gasteiger partial charge in [0.15, 0.2) is 5.82 Å². The molecule has 0 N–H and O–H groups in total. The van der Waals surface area contributed by atoms with E-state index in [4.69, 9.17) is 10.00 Å². The van der Waals surface area contributed by atoms with Crippen LogP contribution < -0.4 is 0 Å². The van der Waals surface area contributed by atoms with Gasteiger partial charge in [-0.15, -0.1) is 0 Å². The van der Waals surface area contributed by atoms with E-state index in [2.05, 4.69) is 23.0 Å². The molecule has 0 saturated heterocycles. The average molecular weight is 420 g/mol. The summed E-state index contributed by atoms with van der Waals surface area (Å²) in [6, 6.07) is 9.56. The summed E-state index contributed by atoms with van der Waals surface area (Å²) < 4.78 is 6.15. The molecule has 0 spiro atoms. The topological polar surface area (TPSA) is 58.8 Å². The van der Waals surface area contributed by atoms with Crippen LogP contribution in [-0.2, 0) is 4.74 Å². The van der Waals surface area contributed by atoms with Crippen molar-refractivity contribution in [2.24, 2.45) is 0 Å². The molecular formula is C27H37N3O. The van der Waals surface area contributed by atoms with E-state index in [0.717, 1.165) is 43.7 Å². The van der Waals surface area contributed by atoms with Crippen LogP contribution in [0, 0.1) is 11.3 Å². The Morgan fingerprint density at radius 2 is 1.48 bits per heavy atom. The SMILES string of the molecule is CCCCCCCCCCO[C@H]1CC[C@H](c2cnc(-c3ccc(C#N)cc3)nc2)CC1. The van der Waals surface area contributed by atoms with Crippen molar-refractivity contribution < 1.29 is 4.74 Å². The van der Waals surface area contributed by atoms with E-state index in [1.807, 2.05) is 36.7 Å². The average Bonchev–Trinajstić information content (AvgIpc) is 2.83. The van der Waals surface area contributed by atoms with Crippen molar-refractivity contribution in [2.75, 3.05) is 6.61 Å². The van der Waals surface area contributed by atoms with Gasteiger partial charge in [-0.2, -0.15) is 5.26 Å². The summed E-state index contributed by atoms with van der Waals surface area (Å²) in [6.07, 6.45) is 19.8. The number of unbranched alkanes of at least 4 members (excludes halogenated alkanes) is 7. The smallest absolute Gasteiger partial charge is 0.159 e. The molecule has 1 fully saturated rings. The van der Waals surface area contributed by atoms with E-state index in [1.54, 1.807) is 0 Å². The molecule has 1 heterocycles. The highest BCUT2D eigenvalue weighted by Crippen LogP contribution is 2.34. The summed E-state index contributed by atoms with van der Waals surface area (Å²) in [7, 11) is 0. The van der Waals surface area contributed by atoms with Gasteiger partial charge in [0.05, 0.1) is 17.7 Å². The summed E-state index contributed by atoms with van der Waals surface area (Å²) in [5.74, 6) is 1.26. The number of nitrogens with zero attached hydrogens (tertiary/aromatic N) is 3. The van der Waals surface area contributed by atoms with Gasteiger partial charge in [-0.05, 0) is 67.9 Å². The van der Waals surface area contributed by atoms with E-state index in [9.17, 15) is 0 Å². The zero-order valence-corrected chi connectivity index (χ0v) is 19.1. The Balaban J connectivity index is 1.33. The van der Waals surface area contributed by atoms with Crippen LogP contribution in [0.1, 0.15) is 101 Å². The molecule has 4 nitrogen and oxygen atoms in total. The molecule has 4 heteroatoms. The molecule has 1 aromatic heterocycles. The predicted octanol–water partition coefficient (Wildman–Crippen LogP) is 7.20. The van der Waals surface area contributed by atoms with Gasteiger partial charge in [-0.25, -0.2) is 9.97 Å². The molecule has 0 unspecified atom stereocenters. The minimum Gasteiger partial charge on any atom is -0.378 e. The fraction of sp³-hybridized carbons (Fsp3) is 0.593. The van der Waals surface area contributed by atoms with Crippen LogP contribution >= 0.6 is 0 Å². The second-order valence-corrected chi connectivity index (χ2v) is 8.85. The van der Waals surface area contributed by atoms with Crippen LogP contribution in [0.2, 0.25) is 0 Å². The number of benzene rings is 1. The lowest BCUT2D eigenvalue weighted by atomic mass is 9.84. The minimum atomic E-state index is 0.430. The molecule has 1 aliphatic rings. The Bertz CT molecular complexity index is 787. The van der Waals surface area contributed by atoms with Crippen LogP contribution in [0.3, 0.4) is 0 Å². The molecule has 0 aliphatic heterocycles. The number of ether oxygens (including phenoxy) is 1. The molecule has 0 atom stereocenters. The number of hydrogen-bond donors (Lipinski definition) is 0. The lowest BCUT2D eigenvalue weighted by molar-refractivity contribution is 0.0225. The van der Waals surface area contributed by atoms with E-state index in [-0.39, 0.29) is 0 Å². The fourth-order valence-corrected chi connectivity index (χ4v) is 4.44. The number of hydrogen-bond acceptors (Lipinski definition) is 4. The lowest BCUT2D eigenvalue weighted by Crippen LogP contribution is -2.21. The Labute approximate surface area is 188 Å². The first-order valence-corrected chi connectivity index (χ1v) is 12.2. The molecule has 1 aromatic carbocycles. The van der Waals surface area contributed by atoms with Crippen LogP contribution in [0.4, 0.5) is 0 Å². The second-order valence-electron chi connectivity index (χ2n) is 8.85. The molecule has 2 aromatic rings. The number of aromatic nitrogens is 2. The Kier molecular flexibility index (Phi) is 9.99. The maximum Gasteiger partial charge on any atom is 0.159 e. The van der Waals surface area contributed by atoms with E-state index >= 15 is 0 Å². The molecule has 0 radical (unpaired) electrons. The molecule has 0 amide bonds. The van der Waals surface area contributed by atoms with Crippen LogP contribution in [-0.4, -0.2) is 22.7 Å². The predicted molar refractivity (Wildman–Crippen MR) is 126 cm³/mol. The quantitative estimate of drug-likeness (QED) is 0.341. The molecule has 31 heavy (non-hydrogen) atoms. The summed E-state index contributed by atoms with van der Waals surface area (Å²) in [5, 5.41) is 8.92. The lowest BCUT2D eigenvalue weighted by Gasteiger charge is -2.28. The first kappa shape index (κ1) is 23.4. The van der Waals surface area contributed by atoms with Crippen molar-refractivity contribution in [3.8, 4) is 17.5 Å².